The number of carbonyl (C=O) groups is 2. The van der Waals surface area contributed by atoms with Crippen molar-refractivity contribution in [3.05, 3.63) is 76.9 Å². The van der Waals surface area contributed by atoms with Gasteiger partial charge in [0.25, 0.3) is 11.7 Å². The Morgan fingerprint density at radius 1 is 1.08 bits per heavy atom. The molecule has 1 fully saturated rings. The molecule has 0 spiro atoms. The Bertz CT molecular complexity index is 840. The van der Waals surface area contributed by atoms with E-state index in [1.54, 1.807) is 31.4 Å². The van der Waals surface area contributed by atoms with Crippen LogP contribution < -0.4 is 0 Å². The molecule has 1 amide bonds. The molecule has 1 N–H and O–H groups in total. The minimum atomic E-state index is -0.673. The lowest BCUT2D eigenvalue weighted by molar-refractivity contribution is -0.140. The van der Waals surface area contributed by atoms with E-state index in [-0.39, 0.29) is 17.9 Å². The Morgan fingerprint density at radius 3 is 2.35 bits per heavy atom. The Balaban J connectivity index is 2.15. The number of hydrogen-bond donors (Lipinski definition) is 1. The van der Waals surface area contributed by atoms with E-state index in [9.17, 15) is 14.7 Å². The zero-order valence-electron chi connectivity index (χ0n) is 14.8. The highest BCUT2D eigenvalue weighted by Gasteiger charge is 2.45. The van der Waals surface area contributed by atoms with Gasteiger partial charge < -0.3 is 14.7 Å². The molecule has 1 atom stereocenters. The topological polar surface area (TPSA) is 66.8 Å². The van der Waals surface area contributed by atoms with Gasteiger partial charge in [-0.1, -0.05) is 60.2 Å². The highest BCUT2D eigenvalue weighted by Crippen LogP contribution is 2.39. The van der Waals surface area contributed by atoms with Gasteiger partial charge in [-0.15, -0.1) is 0 Å². The van der Waals surface area contributed by atoms with Crippen LogP contribution in [-0.4, -0.2) is 42.0 Å². The fraction of sp³-hybridized carbons (Fsp3) is 0.238. The van der Waals surface area contributed by atoms with Gasteiger partial charge in [-0.25, -0.2) is 0 Å². The predicted molar refractivity (Wildman–Crippen MR) is 98.5 cm³/mol. The van der Waals surface area contributed by atoms with Crippen molar-refractivity contribution in [3.8, 4) is 0 Å². The zero-order chi connectivity index (χ0) is 18.7. The quantitative estimate of drug-likeness (QED) is 0.511. The van der Waals surface area contributed by atoms with E-state index in [0.29, 0.717) is 12.2 Å². The minimum absolute atomic E-state index is 0.112. The van der Waals surface area contributed by atoms with Crippen molar-refractivity contribution in [2.75, 3.05) is 20.3 Å². The second-order valence-electron chi connectivity index (χ2n) is 6.26. The molecule has 0 aliphatic carbocycles. The average molecular weight is 351 g/mol. The zero-order valence-corrected chi connectivity index (χ0v) is 14.8. The summed E-state index contributed by atoms with van der Waals surface area (Å²) >= 11 is 0. The number of carbonyl (C=O) groups excluding carboxylic acids is 2. The molecular formula is C21H21NO4. The molecule has 1 aliphatic rings. The van der Waals surface area contributed by atoms with Crippen molar-refractivity contribution in [3.63, 3.8) is 0 Å². The molecule has 2 aromatic rings. The monoisotopic (exact) mass is 351 g/mol. The standard InChI is InChI=1S/C21H21NO4/c1-14-8-10-15(11-9-14)18-17(19(23)16-6-4-3-5-7-16)20(24)21(25)22(18)12-13-26-2/h3-11,18,23H,12-13H2,1-2H3/t18-/m0/s1. The molecule has 1 heterocycles. The molecule has 0 saturated carbocycles. The third-order valence-electron chi connectivity index (χ3n) is 4.52. The van der Waals surface area contributed by atoms with Crippen LogP contribution in [-0.2, 0) is 14.3 Å². The Hall–Kier alpha value is -2.92. The van der Waals surface area contributed by atoms with Crippen molar-refractivity contribution >= 4 is 17.4 Å². The van der Waals surface area contributed by atoms with E-state index in [4.69, 9.17) is 4.74 Å². The first-order valence-corrected chi connectivity index (χ1v) is 8.44. The third-order valence-corrected chi connectivity index (χ3v) is 4.52. The summed E-state index contributed by atoms with van der Waals surface area (Å²) in [6, 6.07) is 15.8. The van der Waals surface area contributed by atoms with Crippen molar-refractivity contribution in [1.82, 2.24) is 4.90 Å². The number of rotatable bonds is 5. The number of aliphatic hydroxyl groups excluding tert-OH is 1. The number of amides is 1. The van der Waals surface area contributed by atoms with Crippen LogP contribution in [0.2, 0.25) is 0 Å². The van der Waals surface area contributed by atoms with E-state index in [0.717, 1.165) is 11.1 Å². The lowest BCUT2D eigenvalue weighted by Gasteiger charge is -2.25. The second-order valence-corrected chi connectivity index (χ2v) is 6.26. The molecule has 26 heavy (non-hydrogen) atoms. The van der Waals surface area contributed by atoms with Gasteiger partial charge in [0.1, 0.15) is 5.76 Å². The maximum Gasteiger partial charge on any atom is 0.295 e. The van der Waals surface area contributed by atoms with Crippen molar-refractivity contribution in [1.29, 1.82) is 0 Å². The number of ether oxygens (including phenoxy) is 1. The van der Waals surface area contributed by atoms with Gasteiger partial charge in [0.15, 0.2) is 0 Å². The largest absolute Gasteiger partial charge is 0.507 e. The summed E-state index contributed by atoms with van der Waals surface area (Å²) < 4.78 is 5.09. The Morgan fingerprint density at radius 2 is 1.73 bits per heavy atom. The van der Waals surface area contributed by atoms with Crippen LogP contribution in [0.5, 0.6) is 0 Å². The van der Waals surface area contributed by atoms with Crippen LogP contribution in [0, 0.1) is 6.92 Å². The number of methoxy groups -OCH3 is 1. The van der Waals surface area contributed by atoms with E-state index >= 15 is 0 Å². The molecule has 1 aliphatic heterocycles. The SMILES string of the molecule is COCCN1C(=O)C(=O)C(=C(O)c2ccccc2)[C@@H]1c1ccc(C)cc1. The van der Waals surface area contributed by atoms with Crippen LogP contribution in [0.1, 0.15) is 22.7 Å². The highest BCUT2D eigenvalue weighted by atomic mass is 16.5. The number of aryl methyl sites for hydroxylation is 1. The number of ketones is 1. The average Bonchev–Trinajstić information content (AvgIpc) is 2.91. The minimum Gasteiger partial charge on any atom is -0.507 e. The van der Waals surface area contributed by atoms with Crippen molar-refractivity contribution < 1.29 is 19.4 Å². The number of hydrogen-bond acceptors (Lipinski definition) is 4. The Kier molecular flexibility index (Phi) is 5.19. The molecule has 1 saturated heterocycles. The number of likely N-dealkylation sites (tertiary alicyclic amines) is 1. The summed E-state index contributed by atoms with van der Waals surface area (Å²) in [7, 11) is 1.54. The summed E-state index contributed by atoms with van der Waals surface area (Å²) in [6.07, 6.45) is 0. The Labute approximate surface area is 152 Å². The number of nitrogens with zero attached hydrogens (tertiary/aromatic N) is 1. The summed E-state index contributed by atoms with van der Waals surface area (Å²) in [5, 5.41) is 10.8. The number of benzene rings is 2. The molecule has 5 heteroatoms. The number of Topliss-reactive ketones (excluding diaryl/α,β-unsaturated/α-hetero) is 1. The molecule has 0 bridgehead atoms. The van der Waals surface area contributed by atoms with Gasteiger partial charge in [0.05, 0.1) is 18.2 Å². The van der Waals surface area contributed by atoms with Gasteiger partial charge in [-0.05, 0) is 12.5 Å². The lowest BCUT2D eigenvalue weighted by Crippen LogP contribution is -2.32. The van der Waals surface area contributed by atoms with Gasteiger partial charge >= 0.3 is 0 Å². The molecule has 0 unspecified atom stereocenters. The number of aliphatic hydroxyl groups is 1. The summed E-state index contributed by atoms with van der Waals surface area (Å²) in [4.78, 5) is 26.7. The second kappa shape index (κ2) is 7.54. The first-order chi connectivity index (χ1) is 12.5. The first kappa shape index (κ1) is 17.9. The van der Waals surface area contributed by atoms with Gasteiger partial charge in [0, 0.05) is 19.2 Å². The van der Waals surface area contributed by atoms with Gasteiger partial charge in [-0.2, -0.15) is 0 Å². The van der Waals surface area contributed by atoms with Crippen LogP contribution in [0.15, 0.2) is 60.2 Å². The predicted octanol–water partition coefficient (Wildman–Crippen LogP) is 3.06. The summed E-state index contributed by atoms with van der Waals surface area (Å²) in [5.41, 5.74) is 2.48. The van der Waals surface area contributed by atoms with Crippen LogP contribution in [0.3, 0.4) is 0 Å². The van der Waals surface area contributed by atoms with Crippen LogP contribution in [0.4, 0.5) is 0 Å². The van der Waals surface area contributed by atoms with E-state index in [1.165, 1.54) is 4.90 Å². The molecule has 3 rings (SSSR count). The van der Waals surface area contributed by atoms with Crippen LogP contribution >= 0.6 is 0 Å². The summed E-state index contributed by atoms with van der Waals surface area (Å²) in [6.45, 7) is 2.54. The van der Waals surface area contributed by atoms with Crippen molar-refractivity contribution in [2.45, 2.75) is 13.0 Å². The molecule has 0 radical (unpaired) electrons. The summed E-state index contributed by atoms with van der Waals surface area (Å²) in [5.74, 6) is -1.45. The maximum absolute atomic E-state index is 12.7. The molecule has 2 aromatic carbocycles. The fourth-order valence-electron chi connectivity index (χ4n) is 3.15. The molecular weight excluding hydrogens is 330 g/mol. The van der Waals surface area contributed by atoms with Crippen LogP contribution in [0.25, 0.3) is 5.76 Å². The van der Waals surface area contributed by atoms with Gasteiger partial charge in [0.2, 0.25) is 0 Å². The smallest absolute Gasteiger partial charge is 0.295 e. The third kappa shape index (κ3) is 3.26. The van der Waals surface area contributed by atoms with Gasteiger partial charge in [-0.3, -0.25) is 9.59 Å². The van der Waals surface area contributed by atoms with E-state index in [2.05, 4.69) is 0 Å². The maximum atomic E-state index is 12.7. The fourth-order valence-corrected chi connectivity index (χ4v) is 3.15. The normalized spacial score (nSPS) is 19.2. The van der Waals surface area contributed by atoms with E-state index < -0.39 is 17.7 Å². The van der Waals surface area contributed by atoms with Crippen molar-refractivity contribution in [2.24, 2.45) is 0 Å². The highest BCUT2D eigenvalue weighted by molar-refractivity contribution is 6.46. The molecule has 134 valence electrons. The molecule has 5 nitrogen and oxygen atoms in total. The molecule has 0 aromatic heterocycles. The first-order valence-electron chi connectivity index (χ1n) is 8.44. The van der Waals surface area contributed by atoms with E-state index in [1.807, 2.05) is 37.3 Å². The lowest BCUT2D eigenvalue weighted by atomic mass is 9.95.